The number of nitrogens with zero attached hydrogens (tertiary/aromatic N) is 1. The summed E-state index contributed by atoms with van der Waals surface area (Å²) >= 11 is 0. The standard InChI is InChI=1S/C14H11F2NO2/c1-18-11-6-9-4-8-5-10(19-14(15)16)2-3-12(8)13(9)17-7-11/h2-3,5-7,14H,4H2,1H3. The van der Waals surface area contributed by atoms with E-state index < -0.39 is 6.61 Å². The average Bonchev–Trinajstić information content (AvgIpc) is 2.74. The van der Waals surface area contributed by atoms with E-state index in [2.05, 4.69) is 9.72 Å². The third-order valence-corrected chi connectivity index (χ3v) is 3.12. The number of hydrogen-bond acceptors (Lipinski definition) is 3. The molecule has 3 rings (SSSR count). The highest BCUT2D eigenvalue weighted by atomic mass is 19.3. The normalized spacial score (nSPS) is 12.2. The van der Waals surface area contributed by atoms with Crippen LogP contribution in [0.25, 0.3) is 11.3 Å². The fourth-order valence-corrected chi connectivity index (χ4v) is 2.31. The van der Waals surface area contributed by atoms with Crippen molar-refractivity contribution in [2.24, 2.45) is 0 Å². The van der Waals surface area contributed by atoms with Gasteiger partial charge in [-0.05, 0) is 35.4 Å². The van der Waals surface area contributed by atoms with E-state index in [0.29, 0.717) is 12.2 Å². The smallest absolute Gasteiger partial charge is 0.387 e. The fourth-order valence-electron chi connectivity index (χ4n) is 2.31. The van der Waals surface area contributed by atoms with Crippen LogP contribution in [0.15, 0.2) is 30.5 Å². The van der Waals surface area contributed by atoms with Crippen molar-refractivity contribution in [2.45, 2.75) is 13.0 Å². The van der Waals surface area contributed by atoms with Crippen LogP contribution < -0.4 is 9.47 Å². The lowest BCUT2D eigenvalue weighted by atomic mass is 10.1. The lowest BCUT2D eigenvalue weighted by Crippen LogP contribution is -2.02. The van der Waals surface area contributed by atoms with Crippen molar-refractivity contribution in [3.63, 3.8) is 0 Å². The summed E-state index contributed by atoms with van der Waals surface area (Å²) in [5.74, 6) is 0.865. The van der Waals surface area contributed by atoms with E-state index in [1.807, 2.05) is 6.07 Å². The number of halogens is 2. The Morgan fingerprint density at radius 1 is 1.16 bits per heavy atom. The molecule has 5 heteroatoms. The number of pyridine rings is 1. The van der Waals surface area contributed by atoms with Crippen molar-refractivity contribution in [3.8, 4) is 22.8 Å². The molecular formula is C14H11F2NO2. The van der Waals surface area contributed by atoms with Gasteiger partial charge in [-0.2, -0.15) is 8.78 Å². The Morgan fingerprint density at radius 2 is 1.95 bits per heavy atom. The lowest BCUT2D eigenvalue weighted by Gasteiger charge is -2.06. The number of aromatic nitrogens is 1. The van der Waals surface area contributed by atoms with Gasteiger partial charge in [0.25, 0.3) is 0 Å². The van der Waals surface area contributed by atoms with Crippen molar-refractivity contribution >= 4 is 0 Å². The summed E-state index contributed by atoms with van der Waals surface area (Å²) in [5, 5.41) is 0. The molecule has 19 heavy (non-hydrogen) atoms. The Hall–Kier alpha value is -2.17. The second-order valence-electron chi connectivity index (χ2n) is 4.26. The van der Waals surface area contributed by atoms with E-state index in [4.69, 9.17) is 4.74 Å². The van der Waals surface area contributed by atoms with Crippen LogP contribution >= 0.6 is 0 Å². The number of methoxy groups -OCH3 is 1. The molecule has 0 fully saturated rings. The van der Waals surface area contributed by atoms with Gasteiger partial charge in [-0.15, -0.1) is 0 Å². The minimum atomic E-state index is -2.81. The number of hydrogen-bond donors (Lipinski definition) is 0. The molecule has 2 aromatic rings. The Kier molecular flexibility index (Phi) is 2.81. The monoisotopic (exact) mass is 263 g/mol. The van der Waals surface area contributed by atoms with Gasteiger partial charge in [0.05, 0.1) is 19.0 Å². The van der Waals surface area contributed by atoms with Gasteiger partial charge in [0.1, 0.15) is 11.5 Å². The fraction of sp³-hybridized carbons (Fsp3) is 0.214. The Morgan fingerprint density at radius 3 is 2.68 bits per heavy atom. The van der Waals surface area contributed by atoms with Crippen molar-refractivity contribution in [2.75, 3.05) is 7.11 Å². The second-order valence-corrected chi connectivity index (χ2v) is 4.26. The first-order chi connectivity index (χ1) is 9.17. The summed E-state index contributed by atoms with van der Waals surface area (Å²) in [7, 11) is 1.58. The first-order valence-corrected chi connectivity index (χ1v) is 5.78. The molecule has 0 bridgehead atoms. The van der Waals surface area contributed by atoms with Crippen LogP contribution in [-0.4, -0.2) is 18.7 Å². The molecule has 0 unspecified atom stereocenters. The summed E-state index contributed by atoms with van der Waals surface area (Å²) in [6.45, 7) is -2.81. The molecule has 1 aliphatic rings. The zero-order valence-corrected chi connectivity index (χ0v) is 10.2. The quantitative estimate of drug-likeness (QED) is 0.726. The molecule has 1 aromatic heterocycles. The molecule has 0 saturated heterocycles. The van der Waals surface area contributed by atoms with Crippen molar-refractivity contribution in [3.05, 3.63) is 41.6 Å². The number of benzene rings is 1. The Balaban J connectivity index is 1.98. The molecule has 0 aliphatic heterocycles. The van der Waals surface area contributed by atoms with Crippen LogP contribution in [0.2, 0.25) is 0 Å². The SMILES string of the molecule is COc1cnc2c(c1)Cc1cc(OC(F)F)ccc1-2. The van der Waals surface area contributed by atoms with Gasteiger partial charge in [0.15, 0.2) is 0 Å². The van der Waals surface area contributed by atoms with Gasteiger partial charge >= 0.3 is 6.61 Å². The summed E-state index contributed by atoms with van der Waals surface area (Å²) in [4.78, 5) is 4.35. The first kappa shape index (κ1) is 11.9. The maximum absolute atomic E-state index is 12.2. The number of rotatable bonds is 3. The van der Waals surface area contributed by atoms with Gasteiger partial charge < -0.3 is 9.47 Å². The van der Waals surface area contributed by atoms with Crippen LogP contribution in [0.4, 0.5) is 8.78 Å². The third-order valence-electron chi connectivity index (χ3n) is 3.12. The summed E-state index contributed by atoms with van der Waals surface area (Å²) in [6, 6.07) is 6.84. The van der Waals surface area contributed by atoms with Crippen molar-refractivity contribution in [1.82, 2.24) is 4.98 Å². The molecule has 98 valence electrons. The molecule has 0 spiro atoms. The molecule has 3 nitrogen and oxygen atoms in total. The minimum absolute atomic E-state index is 0.175. The maximum atomic E-state index is 12.2. The van der Waals surface area contributed by atoms with Crippen molar-refractivity contribution in [1.29, 1.82) is 0 Å². The molecule has 1 aliphatic carbocycles. The second kappa shape index (κ2) is 4.50. The zero-order chi connectivity index (χ0) is 13.4. The number of fused-ring (bicyclic) bond motifs is 3. The molecule has 1 aromatic carbocycles. The molecule has 0 radical (unpaired) electrons. The highest BCUT2D eigenvalue weighted by molar-refractivity contribution is 5.74. The predicted molar refractivity (Wildman–Crippen MR) is 65.7 cm³/mol. The lowest BCUT2D eigenvalue weighted by molar-refractivity contribution is -0.0498. The molecule has 0 saturated carbocycles. The van der Waals surface area contributed by atoms with Gasteiger partial charge in [-0.3, -0.25) is 4.98 Å². The van der Waals surface area contributed by atoms with Gasteiger partial charge in [-0.1, -0.05) is 0 Å². The van der Waals surface area contributed by atoms with Crippen LogP contribution in [0.3, 0.4) is 0 Å². The van der Waals surface area contributed by atoms with E-state index in [9.17, 15) is 8.78 Å². The van der Waals surface area contributed by atoms with E-state index >= 15 is 0 Å². The average molecular weight is 263 g/mol. The molecule has 0 N–H and O–H groups in total. The van der Waals surface area contributed by atoms with Crippen LogP contribution in [-0.2, 0) is 6.42 Å². The van der Waals surface area contributed by atoms with Crippen LogP contribution in [0.1, 0.15) is 11.1 Å². The predicted octanol–water partition coefficient (Wildman–Crippen LogP) is 3.26. The maximum Gasteiger partial charge on any atom is 0.387 e. The first-order valence-electron chi connectivity index (χ1n) is 5.78. The third kappa shape index (κ3) is 2.12. The van der Waals surface area contributed by atoms with Crippen LogP contribution in [0.5, 0.6) is 11.5 Å². The topological polar surface area (TPSA) is 31.4 Å². The van der Waals surface area contributed by atoms with E-state index in [0.717, 1.165) is 22.4 Å². The number of alkyl halides is 2. The van der Waals surface area contributed by atoms with E-state index in [-0.39, 0.29) is 5.75 Å². The van der Waals surface area contributed by atoms with E-state index in [1.165, 1.54) is 6.07 Å². The summed E-state index contributed by atoms with van der Waals surface area (Å²) in [5.41, 5.74) is 3.80. The van der Waals surface area contributed by atoms with Crippen molar-refractivity contribution < 1.29 is 18.3 Å². The minimum Gasteiger partial charge on any atom is -0.495 e. The zero-order valence-electron chi connectivity index (χ0n) is 10.2. The molecular weight excluding hydrogens is 252 g/mol. The highest BCUT2D eigenvalue weighted by Gasteiger charge is 2.21. The van der Waals surface area contributed by atoms with Gasteiger partial charge in [0, 0.05) is 12.0 Å². The Labute approximate surface area is 108 Å². The summed E-state index contributed by atoms with van der Waals surface area (Å²) < 4.78 is 33.9. The van der Waals surface area contributed by atoms with Crippen LogP contribution in [0, 0.1) is 0 Å². The summed E-state index contributed by atoms with van der Waals surface area (Å²) in [6.07, 6.45) is 2.30. The van der Waals surface area contributed by atoms with Gasteiger partial charge in [0.2, 0.25) is 0 Å². The molecule has 0 atom stereocenters. The van der Waals surface area contributed by atoms with E-state index in [1.54, 1.807) is 25.4 Å². The van der Waals surface area contributed by atoms with Gasteiger partial charge in [-0.25, -0.2) is 0 Å². The highest BCUT2D eigenvalue weighted by Crippen LogP contribution is 2.38. The Bertz CT molecular complexity index is 629. The number of ether oxygens (including phenoxy) is 2. The largest absolute Gasteiger partial charge is 0.495 e. The molecule has 0 amide bonds. The molecule has 1 heterocycles.